The molecule has 0 unspecified atom stereocenters. The van der Waals surface area contributed by atoms with E-state index in [1.165, 1.54) is 89.2 Å². The van der Waals surface area contributed by atoms with Gasteiger partial charge in [0.25, 0.3) is 0 Å². The van der Waals surface area contributed by atoms with Crippen molar-refractivity contribution >= 4 is 23.1 Å². The van der Waals surface area contributed by atoms with Crippen molar-refractivity contribution in [2.45, 2.75) is 96.8 Å². The largest absolute Gasteiger partial charge is 0.204 e. The fourth-order valence-corrected chi connectivity index (χ4v) is 5.96. The Morgan fingerprint density at radius 2 is 1.40 bits per heavy atom. The van der Waals surface area contributed by atoms with E-state index >= 15 is 0 Å². The molecule has 2 aliphatic carbocycles. The van der Waals surface area contributed by atoms with Crippen molar-refractivity contribution in [2.24, 2.45) is 28.7 Å². The first-order valence-corrected chi connectivity index (χ1v) is 12.6. The number of hydrogen-bond acceptors (Lipinski definition) is 2. The minimum Gasteiger partial charge on any atom is -0.204 e. The lowest BCUT2D eigenvalue weighted by Crippen LogP contribution is -2.26. The number of nitrogens with zero attached hydrogens (tertiary/aromatic N) is 1. The van der Waals surface area contributed by atoms with Gasteiger partial charge in [-0.25, -0.2) is 8.78 Å². The third-order valence-electron chi connectivity index (χ3n) is 7.74. The Morgan fingerprint density at radius 3 is 1.90 bits per heavy atom. The lowest BCUT2D eigenvalue weighted by atomic mass is 9.68. The van der Waals surface area contributed by atoms with Crippen LogP contribution in [0, 0.1) is 35.3 Å². The highest BCUT2D eigenvalue weighted by molar-refractivity contribution is 7.78. The SMILES string of the molecule is CCCCCC1CCC(C2CCC(CCc3cc(F)c(N=C=S)c(F)c3)CC2)CC1. The normalized spacial score (nSPS) is 26.9. The van der Waals surface area contributed by atoms with Crippen molar-refractivity contribution in [2.75, 3.05) is 0 Å². The lowest BCUT2D eigenvalue weighted by Gasteiger charge is -2.38. The summed E-state index contributed by atoms with van der Waals surface area (Å²) in [7, 11) is 0. The maximum Gasteiger partial charge on any atom is 0.152 e. The average molecular weight is 434 g/mol. The van der Waals surface area contributed by atoms with E-state index in [-0.39, 0.29) is 5.69 Å². The summed E-state index contributed by atoms with van der Waals surface area (Å²) >= 11 is 4.46. The molecule has 166 valence electrons. The van der Waals surface area contributed by atoms with Gasteiger partial charge in [0.05, 0.1) is 5.16 Å². The molecule has 2 aliphatic rings. The number of hydrogen-bond donors (Lipinski definition) is 0. The molecule has 1 aromatic carbocycles. The molecule has 0 bridgehead atoms. The number of benzene rings is 1. The molecule has 30 heavy (non-hydrogen) atoms. The monoisotopic (exact) mass is 433 g/mol. The molecule has 0 aromatic heterocycles. The smallest absolute Gasteiger partial charge is 0.152 e. The predicted molar refractivity (Wildman–Crippen MR) is 124 cm³/mol. The van der Waals surface area contributed by atoms with E-state index in [0.717, 1.165) is 36.2 Å². The number of isothiocyanates is 1. The quantitative estimate of drug-likeness (QED) is 0.215. The van der Waals surface area contributed by atoms with E-state index in [1.54, 1.807) is 0 Å². The number of aryl methyl sites for hydroxylation is 1. The predicted octanol–water partition coefficient (Wildman–Crippen LogP) is 8.82. The number of rotatable bonds is 9. The van der Waals surface area contributed by atoms with Crippen LogP contribution in [0.5, 0.6) is 0 Å². The second-order valence-corrected chi connectivity index (χ2v) is 9.89. The maximum atomic E-state index is 14.0. The van der Waals surface area contributed by atoms with E-state index in [1.807, 2.05) is 5.16 Å². The second kappa shape index (κ2) is 12.1. The van der Waals surface area contributed by atoms with E-state index in [9.17, 15) is 8.78 Å². The first kappa shape index (κ1) is 23.5. The van der Waals surface area contributed by atoms with Gasteiger partial charge in [-0.1, -0.05) is 58.3 Å². The fourth-order valence-electron chi connectivity index (χ4n) is 5.87. The Hall–Kier alpha value is -1.12. The zero-order valence-electron chi connectivity index (χ0n) is 18.5. The molecular weight excluding hydrogens is 396 g/mol. The highest BCUT2D eigenvalue weighted by atomic mass is 32.1. The molecule has 1 aromatic rings. The first-order valence-electron chi connectivity index (χ1n) is 12.2. The Morgan fingerprint density at radius 1 is 0.867 bits per heavy atom. The summed E-state index contributed by atoms with van der Waals surface area (Å²) in [5.41, 5.74) is 0.395. The Balaban J connectivity index is 1.39. The van der Waals surface area contributed by atoms with Crippen LogP contribution in [0.25, 0.3) is 0 Å². The van der Waals surface area contributed by atoms with Crippen LogP contribution in [-0.2, 0) is 6.42 Å². The molecule has 3 rings (SSSR count). The van der Waals surface area contributed by atoms with Crippen LogP contribution in [0.4, 0.5) is 14.5 Å². The number of unbranched alkanes of at least 4 members (excludes halogenated alkanes) is 2. The van der Waals surface area contributed by atoms with Crippen LogP contribution in [-0.4, -0.2) is 5.16 Å². The topological polar surface area (TPSA) is 12.4 Å². The van der Waals surface area contributed by atoms with Gasteiger partial charge >= 0.3 is 0 Å². The third kappa shape index (κ3) is 6.69. The van der Waals surface area contributed by atoms with Crippen molar-refractivity contribution in [3.8, 4) is 0 Å². The number of aliphatic imine (C=N–C) groups is 1. The van der Waals surface area contributed by atoms with Gasteiger partial charge in [-0.2, -0.15) is 4.99 Å². The molecule has 2 saturated carbocycles. The Kier molecular flexibility index (Phi) is 9.46. The Labute approximate surface area is 186 Å². The minimum absolute atomic E-state index is 0.325. The van der Waals surface area contributed by atoms with Crippen molar-refractivity contribution < 1.29 is 8.78 Å². The molecule has 1 nitrogen and oxygen atoms in total. The van der Waals surface area contributed by atoms with Crippen molar-refractivity contribution in [1.82, 2.24) is 0 Å². The van der Waals surface area contributed by atoms with Gasteiger partial charge in [-0.3, -0.25) is 0 Å². The summed E-state index contributed by atoms with van der Waals surface area (Å²) in [6, 6.07) is 2.80. The molecular formula is C26H37F2NS. The summed E-state index contributed by atoms with van der Waals surface area (Å²) in [6.07, 6.45) is 18.4. The van der Waals surface area contributed by atoms with Crippen LogP contribution in [0.15, 0.2) is 17.1 Å². The van der Waals surface area contributed by atoms with Gasteiger partial charge in [0.2, 0.25) is 0 Å². The van der Waals surface area contributed by atoms with E-state index in [4.69, 9.17) is 0 Å². The molecule has 0 N–H and O–H groups in total. The summed E-state index contributed by atoms with van der Waals surface area (Å²) in [5, 5.41) is 2.04. The number of halogens is 2. The summed E-state index contributed by atoms with van der Waals surface area (Å²) < 4.78 is 28.0. The standard InChI is InChI=1S/C26H37F2NS/c1-2-3-4-5-19-8-12-22(13-9-19)23-14-10-20(11-15-23)6-7-21-16-24(27)26(29-18-30)25(28)17-21/h16-17,19-20,22-23H,2-15H2,1H3. The van der Waals surface area contributed by atoms with Gasteiger partial charge in [-0.15, -0.1) is 0 Å². The van der Waals surface area contributed by atoms with Crippen LogP contribution in [0.2, 0.25) is 0 Å². The number of thiocarbonyl (C=S) groups is 1. The van der Waals surface area contributed by atoms with Gasteiger partial charge in [0.1, 0.15) is 5.69 Å². The molecule has 0 saturated heterocycles. The van der Waals surface area contributed by atoms with Gasteiger partial charge in [0, 0.05) is 0 Å². The summed E-state index contributed by atoms with van der Waals surface area (Å²) in [5.74, 6) is 2.26. The molecule has 0 spiro atoms. The van der Waals surface area contributed by atoms with Gasteiger partial charge in [0.15, 0.2) is 11.6 Å². The summed E-state index contributed by atoms with van der Waals surface area (Å²) in [6.45, 7) is 2.29. The van der Waals surface area contributed by atoms with E-state index in [0.29, 0.717) is 5.92 Å². The zero-order valence-corrected chi connectivity index (χ0v) is 19.3. The lowest BCUT2D eigenvalue weighted by molar-refractivity contribution is 0.140. The highest BCUT2D eigenvalue weighted by Gasteiger charge is 2.30. The van der Waals surface area contributed by atoms with Gasteiger partial charge in [-0.05, 0) is 92.1 Å². The maximum absolute atomic E-state index is 14.0. The molecule has 4 heteroatoms. The molecule has 0 heterocycles. The zero-order chi connectivity index (χ0) is 21.3. The van der Waals surface area contributed by atoms with E-state index < -0.39 is 11.6 Å². The van der Waals surface area contributed by atoms with Crippen molar-refractivity contribution in [1.29, 1.82) is 0 Å². The molecule has 0 radical (unpaired) electrons. The molecule has 0 amide bonds. The van der Waals surface area contributed by atoms with Crippen molar-refractivity contribution in [3.63, 3.8) is 0 Å². The molecule has 0 aliphatic heterocycles. The van der Waals surface area contributed by atoms with E-state index in [2.05, 4.69) is 24.1 Å². The minimum atomic E-state index is -0.642. The van der Waals surface area contributed by atoms with Gasteiger partial charge < -0.3 is 0 Å². The van der Waals surface area contributed by atoms with Crippen LogP contribution in [0.1, 0.15) is 96.0 Å². The molecule has 2 fully saturated rings. The van der Waals surface area contributed by atoms with Crippen LogP contribution >= 0.6 is 12.2 Å². The van der Waals surface area contributed by atoms with Crippen LogP contribution < -0.4 is 0 Å². The second-order valence-electron chi connectivity index (χ2n) is 9.71. The van der Waals surface area contributed by atoms with Crippen molar-refractivity contribution in [3.05, 3.63) is 29.3 Å². The fraction of sp³-hybridized carbons (Fsp3) is 0.731. The van der Waals surface area contributed by atoms with Crippen LogP contribution in [0.3, 0.4) is 0 Å². The summed E-state index contributed by atoms with van der Waals surface area (Å²) in [4.78, 5) is 3.49. The molecule has 0 atom stereocenters. The first-order chi connectivity index (χ1) is 14.6. The highest BCUT2D eigenvalue weighted by Crippen LogP contribution is 2.43. The third-order valence-corrected chi connectivity index (χ3v) is 7.83. The average Bonchev–Trinajstić information content (AvgIpc) is 2.76. The Bertz CT molecular complexity index is 689.